The molecule has 128 valence electrons. The smallest absolute Gasteiger partial charge is 0.410 e. The first-order valence-corrected chi connectivity index (χ1v) is 9.04. The Morgan fingerprint density at radius 2 is 2.13 bits per heavy atom. The molecule has 0 spiro atoms. The van der Waals surface area contributed by atoms with Crippen molar-refractivity contribution < 1.29 is 9.53 Å². The van der Waals surface area contributed by atoms with Crippen LogP contribution in [0.1, 0.15) is 52.1 Å². The molecule has 2 rings (SSSR count). The van der Waals surface area contributed by atoms with Crippen molar-refractivity contribution in [1.82, 2.24) is 10.2 Å². The summed E-state index contributed by atoms with van der Waals surface area (Å²) in [5, 5.41) is 3.55. The van der Waals surface area contributed by atoms with E-state index in [1.807, 2.05) is 37.8 Å². The van der Waals surface area contributed by atoms with E-state index in [0.29, 0.717) is 0 Å². The number of likely N-dealkylation sites (tertiary alicyclic amines) is 1. The Morgan fingerprint density at radius 1 is 1.43 bits per heavy atom. The molecule has 1 heterocycles. The summed E-state index contributed by atoms with van der Waals surface area (Å²) in [5.41, 5.74) is 0.786. The van der Waals surface area contributed by atoms with Crippen molar-refractivity contribution in [1.29, 1.82) is 0 Å². The monoisotopic (exact) mass is 382 g/mol. The Morgan fingerprint density at radius 3 is 2.78 bits per heavy atom. The molecule has 4 nitrogen and oxygen atoms in total. The highest BCUT2D eigenvalue weighted by atomic mass is 79.9. The summed E-state index contributed by atoms with van der Waals surface area (Å²) in [7, 11) is 0. The molecule has 1 aliphatic heterocycles. The van der Waals surface area contributed by atoms with Crippen LogP contribution in [0.5, 0.6) is 0 Å². The minimum Gasteiger partial charge on any atom is -0.444 e. The Kier molecular flexibility index (Phi) is 6.09. The molecule has 1 fully saturated rings. The van der Waals surface area contributed by atoms with Gasteiger partial charge in [0.15, 0.2) is 0 Å². The molecule has 0 aliphatic carbocycles. The second-order valence-corrected chi connectivity index (χ2v) is 7.98. The number of hydrogen-bond donors (Lipinski definition) is 1. The number of hydrogen-bond acceptors (Lipinski definition) is 3. The van der Waals surface area contributed by atoms with Crippen molar-refractivity contribution in [3.05, 3.63) is 34.3 Å². The number of halogens is 1. The van der Waals surface area contributed by atoms with Gasteiger partial charge in [-0.25, -0.2) is 4.79 Å². The predicted octanol–water partition coefficient (Wildman–Crippen LogP) is 4.50. The standard InChI is InChI=1S/C18H27BrN2O2/c1-13(15-9-5-6-10-16(15)19)20-12-14-8-7-11-21(14)17(22)23-18(2,3)4/h5-6,9-10,13-14,20H,7-8,11-12H2,1-4H3/t13-,14?/m0/s1. The Balaban J connectivity index is 1.92. The third-order valence-electron chi connectivity index (χ3n) is 4.04. The number of amides is 1. The fourth-order valence-electron chi connectivity index (χ4n) is 2.86. The normalized spacial score (nSPS) is 19.7. The number of nitrogens with zero attached hydrogens (tertiary/aromatic N) is 1. The van der Waals surface area contributed by atoms with Gasteiger partial charge in [0.05, 0.1) is 0 Å². The van der Waals surface area contributed by atoms with Crippen molar-refractivity contribution >= 4 is 22.0 Å². The van der Waals surface area contributed by atoms with Crippen molar-refractivity contribution in [3.8, 4) is 0 Å². The minimum atomic E-state index is -0.445. The van der Waals surface area contributed by atoms with Crippen LogP contribution in [0.25, 0.3) is 0 Å². The SMILES string of the molecule is C[C@H](NCC1CCCN1C(=O)OC(C)(C)C)c1ccccc1Br. The molecular weight excluding hydrogens is 356 g/mol. The Labute approximate surface area is 147 Å². The van der Waals surface area contributed by atoms with Crippen LogP contribution in [0.15, 0.2) is 28.7 Å². The van der Waals surface area contributed by atoms with Gasteiger partial charge in [0.1, 0.15) is 5.60 Å². The highest BCUT2D eigenvalue weighted by molar-refractivity contribution is 9.10. The van der Waals surface area contributed by atoms with E-state index in [-0.39, 0.29) is 18.2 Å². The van der Waals surface area contributed by atoms with Crippen LogP contribution in [0, 0.1) is 0 Å². The number of carbonyl (C=O) groups excluding carboxylic acids is 1. The molecule has 5 heteroatoms. The molecule has 2 atom stereocenters. The first-order valence-electron chi connectivity index (χ1n) is 8.25. The van der Waals surface area contributed by atoms with E-state index in [4.69, 9.17) is 4.74 Å². The lowest BCUT2D eigenvalue weighted by molar-refractivity contribution is 0.0225. The van der Waals surface area contributed by atoms with E-state index in [1.165, 1.54) is 5.56 Å². The molecule has 1 aromatic carbocycles. The molecule has 1 saturated heterocycles. The van der Waals surface area contributed by atoms with Gasteiger partial charge in [0, 0.05) is 29.6 Å². The fourth-order valence-corrected chi connectivity index (χ4v) is 3.49. The molecule has 1 aromatic rings. The third-order valence-corrected chi connectivity index (χ3v) is 4.76. The molecule has 1 N–H and O–H groups in total. The lowest BCUT2D eigenvalue weighted by Gasteiger charge is -2.29. The highest BCUT2D eigenvalue weighted by Crippen LogP contribution is 2.24. The molecule has 0 aromatic heterocycles. The number of nitrogens with one attached hydrogen (secondary N) is 1. The first kappa shape index (κ1) is 18.3. The number of carbonyl (C=O) groups is 1. The lowest BCUT2D eigenvalue weighted by Crippen LogP contribution is -2.44. The van der Waals surface area contributed by atoms with Gasteiger partial charge in [-0.05, 0) is 52.2 Å². The quantitative estimate of drug-likeness (QED) is 0.833. The molecular formula is C18H27BrN2O2. The molecule has 0 saturated carbocycles. The van der Waals surface area contributed by atoms with Crippen molar-refractivity contribution in [2.75, 3.05) is 13.1 Å². The van der Waals surface area contributed by atoms with Crippen molar-refractivity contribution in [3.63, 3.8) is 0 Å². The maximum absolute atomic E-state index is 12.3. The van der Waals surface area contributed by atoms with E-state index in [9.17, 15) is 4.79 Å². The molecule has 1 aliphatic rings. The van der Waals surface area contributed by atoms with E-state index in [2.05, 4.69) is 40.3 Å². The largest absolute Gasteiger partial charge is 0.444 e. The maximum atomic E-state index is 12.3. The zero-order valence-electron chi connectivity index (χ0n) is 14.4. The van der Waals surface area contributed by atoms with Crippen LogP contribution in [-0.4, -0.2) is 35.7 Å². The minimum absolute atomic E-state index is 0.199. The van der Waals surface area contributed by atoms with Gasteiger partial charge in [-0.2, -0.15) is 0 Å². The van der Waals surface area contributed by atoms with Crippen molar-refractivity contribution in [2.24, 2.45) is 0 Å². The van der Waals surface area contributed by atoms with E-state index >= 15 is 0 Å². The zero-order valence-corrected chi connectivity index (χ0v) is 16.0. The van der Waals surface area contributed by atoms with E-state index < -0.39 is 5.60 Å². The summed E-state index contributed by atoms with van der Waals surface area (Å²) in [5.74, 6) is 0. The topological polar surface area (TPSA) is 41.6 Å². The number of rotatable bonds is 4. The van der Waals surface area contributed by atoms with Gasteiger partial charge in [-0.1, -0.05) is 34.1 Å². The summed E-state index contributed by atoms with van der Waals surface area (Å²) >= 11 is 3.59. The predicted molar refractivity (Wildman–Crippen MR) is 96.5 cm³/mol. The summed E-state index contributed by atoms with van der Waals surface area (Å²) in [6, 6.07) is 8.65. The first-order chi connectivity index (χ1) is 10.8. The lowest BCUT2D eigenvalue weighted by atomic mass is 10.1. The molecule has 0 bridgehead atoms. The fraction of sp³-hybridized carbons (Fsp3) is 0.611. The summed E-state index contributed by atoms with van der Waals surface area (Å²) in [6.07, 6.45) is 1.86. The second-order valence-electron chi connectivity index (χ2n) is 7.12. The molecule has 0 radical (unpaired) electrons. The second kappa shape index (κ2) is 7.67. The molecule has 1 amide bonds. The van der Waals surface area contributed by atoms with E-state index in [0.717, 1.165) is 30.4 Å². The summed E-state index contributed by atoms with van der Waals surface area (Å²) in [6.45, 7) is 9.43. The van der Waals surface area contributed by atoms with Gasteiger partial charge in [0.2, 0.25) is 0 Å². The van der Waals surface area contributed by atoms with Gasteiger partial charge < -0.3 is 15.0 Å². The third kappa shape index (κ3) is 5.21. The highest BCUT2D eigenvalue weighted by Gasteiger charge is 2.32. The Hall–Kier alpha value is -1.07. The van der Waals surface area contributed by atoms with Crippen LogP contribution < -0.4 is 5.32 Å². The average Bonchev–Trinajstić information content (AvgIpc) is 2.92. The van der Waals surface area contributed by atoms with Gasteiger partial charge in [0.25, 0.3) is 0 Å². The van der Waals surface area contributed by atoms with Gasteiger partial charge in [-0.15, -0.1) is 0 Å². The van der Waals surface area contributed by atoms with Crippen molar-refractivity contribution in [2.45, 2.75) is 58.2 Å². The maximum Gasteiger partial charge on any atom is 0.410 e. The summed E-state index contributed by atoms with van der Waals surface area (Å²) < 4.78 is 6.62. The van der Waals surface area contributed by atoms with Gasteiger partial charge in [-0.3, -0.25) is 0 Å². The molecule has 1 unspecified atom stereocenters. The number of ether oxygens (including phenoxy) is 1. The number of benzene rings is 1. The van der Waals surface area contributed by atoms with Crippen LogP contribution in [0.3, 0.4) is 0 Å². The summed E-state index contributed by atoms with van der Waals surface area (Å²) in [4.78, 5) is 14.2. The van der Waals surface area contributed by atoms with E-state index in [1.54, 1.807) is 0 Å². The van der Waals surface area contributed by atoms with Crippen LogP contribution >= 0.6 is 15.9 Å². The Bertz CT molecular complexity index is 542. The van der Waals surface area contributed by atoms with Crippen LogP contribution in [0.4, 0.5) is 4.79 Å². The van der Waals surface area contributed by atoms with Crippen LogP contribution in [0.2, 0.25) is 0 Å². The van der Waals surface area contributed by atoms with Crippen LogP contribution in [-0.2, 0) is 4.74 Å². The zero-order chi connectivity index (χ0) is 17.0. The average molecular weight is 383 g/mol. The molecule has 23 heavy (non-hydrogen) atoms. The van der Waals surface area contributed by atoms with Gasteiger partial charge >= 0.3 is 6.09 Å².